The molecule has 202 valence electrons. The Kier molecular flexibility index (Phi) is 8.76. The lowest BCUT2D eigenvalue weighted by Gasteiger charge is -2.15. The van der Waals surface area contributed by atoms with Gasteiger partial charge < -0.3 is 10.1 Å². The first-order valence-electron chi connectivity index (χ1n) is 11.9. The Morgan fingerprint density at radius 2 is 1.64 bits per heavy atom. The van der Waals surface area contributed by atoms with Crippen molar-refractivity contribution in [3.8, 4) is 16.9 Å². The van der Waals surface area contributed by atoms with E-state index in [0.29, 0.717) is 17.1 Å². The highest BCUT2D eigenvalue weighted by Gasteiger charge is 2.27. The van der Waals surface area contributed by atoms with Crippen molar-refractivity contribution in [1.82, 2.24) is 15.1 Å². The number of primary sulfonamides is 1. The number of carbonyl (C=O) groups excluding carboxylic acids is 2. The summed E-state index contributed by atoms with van der Waals surface area (Å²) in [6, 6.07) is 23.0. The number of halogens is 1. The maximum Gasteiger partial charge on any atom is 0.245 e. The van der Waals surface area contributed by atoms with Crippen molar-refractivity contribution in [1.29, 1.82) is 0 Å². The van der Waals surface area contributed by atoms with Crippen LogP contribution in [-0.4, -0.2) is 50.2 Å². The third-order valence-electron chi connectivity index (χ3n) is 6.06. The summed E-state index contributed by atoms with van der Waals surface area (Å²) < 4.78 is 31.5. The molecule has 3 N–H and O–H groups in total. The molecule has 1 unspecified atom stereocenters. The van der Waals surface area contributed by atoms with Crippen LogP contribution in [0.3, 0.4) is 0 Å². The van der Waals surface area contributed by atoms with E-state index in [-0.39, 0.29) is 29.8 Å². The summed E-state index contributed by atoms with van der Waals surface area (Å²) in [5.74, 6) is -1.37. The number of nitrogens with zero attached hydrogens (tertiary/aromatic N) is 2. The van der Waals surface area contributed by atoms with Crippen LogP contribution in [0, 0.1) is 6.92 Å². The van der Waals surface area contributed by atoms with E-state index in [1.807, 2.05) is 61.5 Å². The molecule has 9 nitrogen and oxygen atoms in total. The highest BCUT2D eigenvalue weighted by atomic mass is 79.9. The lowest BCUT2D eigenvalue weighted by atomic mass is 9.91. The second-order valence-corrected chi connectivity index (χ2v) is 11.4. The second kappa shape index (κ2) is 12.0. The van der Waals surface area contributed by atoms with E-state index < -0.39 is 15.9 Å². The molecular formula is C28H27BrN4O5S. The number of Topliss-reactive ketones (excluding diaryl/α,β-unsaturated/α-hetero) is 1. The Bertz CT molecular complexity index is 1580. The number of aromatic nitrogens is 2. The smallest absolute Gasteiger partial charge is 0.245 e. The molecule has 1 amide bonds. The lowest BCUT2D eigenvalue weighted by molar-refractivity contribution is -0.129. The summed E-state index contributed by atoms with van der Waals surface area (Å²) in [6.45, 7) is 1.44. The van der Waals surface area contributed by atoms with Crippen molar-refractivity contribution in [3.05, 3.63) is 100 Å². The summed E-state index contributed by atoms with van der Waals surface area (Å²) in [7, 11) is -2.37. The van der Waals surface area contributed by atoms with Crippen LogP contribution in [0.4, 0.5) is 0 Å². The van der Waals surface area contributed by atoms with Gasteiger partial charge in [0.05, 0.1) is 27.9 Å². The number of amides is 1. The van der Waals surface area contributed by atoms with E-state index in [0.717, 1.165) is 21.2 Å². The SMILES string of the molecule is CNC(=O)COCC(=O)C(c1ccc(C)cc1)c1cc(-c2ccc(Br)cc2)n(-c2ccc(S(N)(=O)=O)cc2)n1. The van der Waals surface area contributed by atoms with Crippen molar-refractivity contribution in [2.24, 2.45) is 5.14 Å². The van der Waals surface area contributed by atoms with Gasteiger partial charge in [-0.25, -0.2) is 18.2 Å². The number of hydrogen-bond donors (Lipinski definition) is 2. The minimum atomic E-state index is -3.87. The first kappa shape index (κ1) is 28.4. The van der Waals surface area contributed by atoms with Gasteiger partial charge in [-0.3, -0.25) is 9.59 Å². The third kappa shape index (κ3) is 6.87. The summed E-state index contributed by atoms with van der Waals surface area (Å²) in [4.78, 5) is 25.1. The average molecular weight is 612 g/mol. The number of ketones is 1. The number of hydrogen-bond acceptors (Lipinski definition) is 6. The van der Waals surface area contributed by atoms with Crippen molar-refractivity contribution in [2.75, 3.05) is 20.3 Å². The van der Waals surface area contributed by atoms with Gasteiger partial charge in [0.2, 0.25) is 15.9 Å². The van der Waals surface area contributed by atoms with Gasteiger partial charge in [0, 0.05) is 17.1 Å². The minimum Gasteiger partial charge on any atom is -0.364 e. The normalized spacial score (nSPS) is 12.2. The number of nitrogens with two attached hydrogens (primary N) is 1. The standard InChI is InChI=1S/C28H27BrN4O5S/c1-18-3-5-20(6-4-18)28(26(34)16-38-17-27(35)31-2)24-15-25(19-7-9-21(29)10-8-19)33(32-24)22-11-13-23(14-12-22)39(30,36)37/h3-15,28H,16-17H2,1-2H3,(H,31,35)(H2,30,36,37). The molecule has 1 heterocycles. The molecule has 1 aromatic heterocycles. The molecule has 4 aromatic rings. The average Bonchev–Trinajstić information content (AvgIpc) is 3.34. The van der Waals surface area contributed by atoms with Crippen LogP contribution in [0.2, 0.25) is 0 Å². The zero-order chi connectivity index (χ0) is 28.2. The molecule has 1 atom stereocenters. The quantitative estimate of drug-likeness (QED) is 0.281. The molecule has 4 rings (SSSR count). The Morgan fingerprint density at radius 1 is 1.00 bits per heavy atom. The van der Waals surface area contributed by atoms with Crippen LogP contribution in [0.5, 0.6) is 0 Å². The number of ether oxygens (including phenoxy) is 1. The zero-order valence-electron chi connectivity index (χ0n) is 21.3. The molecule has 0 radical (unpaired) electrons. The van der Waals surface area contributed by atoms with E-state index in [2.05, 4.69) is 21.2 Å². The summed E-state index contributed by atoms with van der Waals surface area (Å²) >= 11 is 3.45. The van der Waals surface area contributed by atoms with Crippen LogP contribution < -0.4 is 10.5 Å². The van der Waals surface area contributed by atoms with E-state index >= 15 is 0 Å². The molecule has 0 aliphatic rings. The highest BCUT2D eigenvalue weighted by molar-refractivity contribution is 9.10. The highest BCUT2D eigenvalue weighted by Crippen LogP contribution is 2.32. The fraction of sp³-hybridized carbons (Fsp3) is 0.179. The van der Waals surface area contributed by atoms with Gasteiger partial charge in [-0.05, 0) is 55.0 Å². The predicted octanol–water partition coefficient (Wildman–Crippen LogP) is 3.72. The van der Waals surface area contributed by atoms with E-state index in [4.69, 9.17) is 15.0 Å². The molecule has 0 bridgehead atoms. The van der Waals surface area contributed by atoms with Crippen LogP contribution in [0.25, 0.3) is 16.9 Å². The number of aryl methyl sites for hydroxylation is 1. The Balaban J connectivity index is 1.82. The van der Waals surface area contributed by atoms with E-state index in [1.165, 1.54) is 19.2 Å². The fourth-order valence-electron chi connectivity index (χ4n) is 4.02. The lowest BCUT2D eigenvalue weighted by Crippen LogP contribution is -2.27. The molecule has 0 spiro atoms. The van der Waals surface area contributed by atoms with E-state index in [9.17, 15) is 18.0 Å². The minimum absolute atomic E-state index is 0.0233. The summed E-state index contributed by atoms with van der Waals surface area (Å²) in [5, 5.41) is 12.6. The molecule has 0 fully saturated rings. The molecule has 0 saturated heterocycles. The first-order chi connectivity index (χ1) is 18.6. The predicted molar refractivity (Wildman–Crippen MR) is 151 cm³/mol. The number of rotatable bonds is 10. The number of carbonyl (C=O) groups is 2. The second-order valence-electron chi connectivity index (χ2n) is 8.89. The van der Waals surface area contributed by atoms with Gasteiger partial charge in [0.1, 0.15) is 13.2 Å². The summed E-state index contributed by atoms with van der Waals surface area (Å²) in [5.41, 5.74) is 4.34. The van der Waals surface area contributed by atoms with Gasteiger partial charge in [-0.2, -0.15) is 5.10 Å². The molecule has 3 aromatic carbocycles. The number of nitrogens with one attached hydrogen (secondary N) is 1. The van der Waals surface area contributed by atoms with Crippen molar-refractivity contribution in [2.45, 2.75) is 17.7 Å². The maximum atomic E-state index is 13.5. The van der Waals surface area contributed by atoms with Gasteiger partial charge in [-0.15, -0.1) is 0 Å². The third-order valence-corrected chi connectivity index (χ3v) is 7.52. The van der Waals surface area contributed by atoms with Crippen LogP contribution in [0.1, 0.15) is 22.7 Å². The molecule has 39 heavy (non-hydrogen) atoms. The number of likely N-dealkylation sites (N-methyl/N-ethyl adjacent to an activating group) is 1. The van der Waals surface area contributed by atoms with Crippen LogP contribution >= 0.6 is 15.9 Å². The topological polar surface area (TPSA) is 133 Å². The Hall–Kier alpha value is -3.64. The molecule has 0 aliphatic heterocycles. The monoisotopic (exact) mass is 610 g/mol. The van der Waals surface area contributed by atoms with Gasteiger partial charge >= 0.3 is 0 Å². The number of sulfonamides is 1. The molecule has 0 aliphatic carbocycles. The van der Waals surface area contributed by atoms with Gasteiger partial charge in [0.15, 0.2) is 5.78 Å². The Labute approximate surface area is 235 Å². The Morgan fingerprint density at radius 3 is 2.23 bits per heavy atom. The van der Waals surface area contributed by atoms with Crippen molar-refractivity contribution >= 4 is 37.6 Å². The van der Waals surface area contributed by atoms with E-state index in [1.54, 1.807) is 16.8 Å². The van der Waals surface area contributed by atoms with Gasteiger partial charge in [0.25, 0.3) is 0 Å². The summed E-state index contributed by atoms with van der Waals surface area (Å²) in [6.07, 6.45) is 0. The zero-order valence-corrected chi connectivity index (χ0v) is 23.7. The maximum absolute atomic E-state index is 13.5. The van der Waals surface area contributed by atoms with Crippen LogP contribution in [0.15, 0.2) is 88.2 Å². The van der Waals surface area contributed by atoms with Gasteiger partial charge in [-0.1, -0.05) is 57.9 Å². The largest absolute Gasteiger partial charge is 0.364 e. The van der Waals surface area contributed by atoms with Crippen molar-refractivity contribution in [3.63, 3.8) is 0 Å². The van der Waals surface area contributed by atoms with Crippen molar-refractivity contribution < 1.29 is 22.7 Å². The van der Waals surface area contributed by atoms with Crippen LogP contribution in [-0.2, 0) is 24.3 Å². The molecule has 11 heteroatoms. The number of benzene rings is 3. The fourth-order valence-corrected chi connectivity index (χ4v) is 4.80. The first-order valence-corrected chi connectivity index (χ1v) is 14.3. The molecular weight excluding hydrogens is 584 g/mol. The molecule has 0 saturated carbocycles.